The highest BCUT2D eigenvalue weighted by Crippen LogP contribution is 2.39. The second-order valence-electron chi connectivity index (χ2n) is 7.50. The summed E-state index contributed by atoms with van der Waals surface area (Å²) in [5.74, 6) is -1.48. The van der Waals surface area contributed by atoms with Crippen molar-refractivity contribution in [2.75, 3.05) is 39.4 Å². The second-order valence-corrected chi connectivity index (χ2v) is 8.86. The Hall–Kier alpha value is -2.19. The minimum atomic E-state index is -0.678. The van der Waals surface area contributed by atoms with Gasteiger partial charge < -0.3 is 14.7 Å². The van der Waals surface area contributed by atoms with Crippen LogP contribution in [0.1, 0.15) is 17.2 Å². The first-order chi connectivity index (χ1) is 15.0. The Labute approximate surface area is 194 Å². The number of hydrogen-bond donors (Lipinski definition) is 1. The largest absolute Gasteiger partial charge is 0.507 e. The summed E-state index contributed by atoms with van der Waals surface area (Å²) in [5, 5.41) is 11.5. The van der Waals surface area contributed by atoms with Crippen LogP contribution in [-0.2, 0) is 14.3 Å². The molecule has 2 aromatic rings. The van der Waals surface area contributed by atoms with E-state index >= 15 is 0 Å². The van der Waals surface area contributed by atoms with Crippen molar-refractivity contribution in [3.63, 3.8) is 0 Å². The van der Waals surface area contributed by atoms with Gasteiger partial charge in [-0.25, -0.2) is 0 Å². The van der Waals surface area contributed by atoms with E-state index in [9.17, 15) is 14.7 Å². The van der Waals surface area contributed by atoms with Gasteiger partial charge in [0.25, 0.3) is 11.7 Å². The summed E-state index contributed by atoms with van der Waals surface area (Å²) >= 11 is 9.38. The lowest BCUT2D eigenvalue weighted by molar-refractivity contribution is -0.140. The molecule has 2 aliphatic heterocycles. The summed E-state index contributed by atoms with van der Waals surface area (Å²) in [7, 11) is 0. The Morgan fingerprint density at radius 3 is 2.32 bits per heavy atom. The molecule has 0 spiro atoms. The SMILES string of the molecule is O=C1C(=O)N(CCN2CCOCC2)[C@H](c2ccc(Br)cc2)C1=C(O)c1ccc(Cl)cc1. The van der Waals surface area contributed by atoms with Crippen LogP contribution >= 0.6 is 27.5 Å². The minimum Gasteiger partial charge on any atom is -0.507 e. The van der Waals surface area contributed by atoms with E-state index in [2.05, 4.69) is 20.8 Å². The second kappa shape index (κ2) is 9.53. The fourth-order valence-electron chi connectivity index (χ4n) is 3.94. The lowest BCUT2D eigenvalue weighted by Crippen LogP contribution is -2.42. The van der Waals surface area contributed by atoms with Crippen LogP contribution < -0.4 is 0 Å². The maximum Gasteiger partial charge on any atom is 0.295 e. The number of likely N-dealkylation sites (tertiary alicyclic amines) is 1. The van der Waals surface area contributed by atoms with Crippen LogP contribution in [-0.4, -0.2) is 66.0 Å². The van der Waals surface area contributed by atoms with E-state index in [0.717, 1.165) is 23.1 Å². The Morgan fingerprint density at radius 1 is 1.03 bits per heavy atom. The third-order valence-electron chi connectivity index (χ3n) is 5.60. The van der Waals surface area contributed by atoms with Crippen molar-refractivity contribution >= 4 is 45.0 Å². The van der Waals surface area contributed by atoms with Crippen LogP contribution in [0.3, 0.4) is 0 Å². The van der Waals surface area contributed by atoms with Gasteiger partial charge in [-0.15, -0.1) is 0 Å². The predicted octanol–water partition coefficient (Wildman–Crippen LogP) is 3.86. The fourth-order valence-corrected chi connectivity index (χ4v) is 4.33. The first-order valence-corrected chi connectivity index (χ1v) is 11.2. The molecular formula is C23H22BrClN2O4. The number of benzene rings is 2. The van der Waals surface area contributed by atoms with E-state index in [1.165, 1.54) is 0 Å². The van der Waals surface area contributed by atoms with Gasteiger partial charge in [0.2, 0.25) is 0 Å². The summed E-state index contributed by atoms with van der Waals surface area (Å²) < 4.78 is 6.27. The maximum absolute atomic E-state index is 13.0. The molecule has 0 aliphatic carbocycles. The van der Waals surface area contributed by atoms with Crippen LogP contribution in [0.25, 0.3) is 5.76 Å². The van der Waals surface area contributed by atoms with Crippen molar-refractivity contribution in [3.8, 4) is 0 Å². The van der Waals surface area contributed by atoms with Gasteiger partial charge in [0.15, 0.2) is 0 Å². The van der Waals surface area contributed by atoms with Crippen molar-refractivity contribution in [1.29, 1.82) is 0 Å². The summed E-state index contributed by atoms with van der Waals surface area (Å²) in [6, 6.07) is 13.3. The monoisotopic (exact) mass is 504 g/mol. The van der Waals surface area contributed by atoms with Crippen LogP contribution in [0.5, 0.6) is 0 Å². The maximum atomic E-state index is 13.0. The number of morpholine rings is 1. The topological polar surface area (TPSA) is 70.1 Å². The normalized spacial score (nSPS) is 21.6. The number of hydrogen-bond acceptors (Lipinski definition) is 5. The van der Waals surface area contributed by atoms with Gasteiger partial charge in [-0.3, -0.25) is 14.5 Å². The van der Waals surface area contributed by atoms with Gasteiger partial charge in [0, 0.05) is 41.2 Å². The van der Waals surface area contributed by atoms with E-state index in [1.54, 1.807) is 29.2 Å². The van der Waals surface area contributed by atoms with Crippen LogP contribution in [0.2, 0.25) is 5.02 Å². The van der Waals surface area contributed by atoms with Gasteiger partial charge in [-0.1, -0.05) is 39.7 Å². The summed E-state index contributed by atoms with van der Waals surface area (Å²) in [5.41, 5.74) is 1.30. The highest BCUT2D eigenvalue weighted by molar-refractivity contribution is 9.10. The zero-order chi connectivity index (χ0) is 22.0. The lowest BCUT2D eigenvalue weighted by Gasteiger charge is -2.31. The van der Waals surface area contributed by atoms with Gasteiger partial charge in [-0.05, 0) is 42.0 Å². The summed E-state index contributed by atoms with van der Waals surface area (Å²) in [6.07, 6.45) is 0. The summed E-state index contributed by atoms with van der Waals surface area (Å²) in [4.78, 5) is 29.8. The molecule has 1 atom stereocenters. The van der Waals surface area contributed by atoms with Gasteiger partial charge >= 0.3 is 0 Å². The number of amides is 1. The first-order valence-electron chi connectivity index (χ1n) is 10.1. The highest BCUT2D eigenvalue weighted by Gasteiger charge is 2.46. The van der Waals surface area contributed by atoms with Crippen LogP contribution in [0.4, 0.5) is 0 Å². The molecule has 2 fully saturated rings. The molecule has 0 aromatic heterocycles. The molecule has 0 radical (unpaired) electrons. The molecule has 1 amide bonds. The van der Waals surface area contributed by atoms with Crippen LogP contribution in [0, 0.1) is 0 Å². The standard InChI is InChI=1S/C23H22BrClN2O4/c24-17-5-1-15(2-6-17)20-19(21(28)16-3-7-18(25)8-4-16)22(29)23(30)27(20)10-9-26-11-13-31-14-12-26/h1-8,20,28H,9-14H2/t20-/m1/s1. The quantitative estimate of drug-likeness (QED) is 0.380. The molecule has 8 heteroatoms. The van der Waals surface area contributed by atoms with Crippen molar-refractivity contribution in [3.05, 3.63) is 74.7 Å². The first kappa shape index (κ1) is 22.0. The zero-order valence-electron chi connectivity index (χ0n) is 16.8. The molecule has 6 nitrogen and oxygen atoms in total. The van der Waals surface area contributed by atoms with Crippen molar-refractivity contribution in [2.24, 2.45) is 0 Å². The average molecular weight is 506 g/mol. The van der Waals surface area contributed by atoms with E-state index in [-0.39, 0.29) is 11.3 Å². The van der Waals surface area contributed by atoms with E-state index in [4.69, 9.17) is 16.3 Å². The lowest BCUT2D eigenvalue weighted by atomic mass is 9.95. The molecule has 2 aromatic carbocycles. The molecule has 2 saturated heterocycles. The molecule has 2 heterocycles. The van der Waals surface area contributed by atoms with Gasteiger partial charge in [0.05, 0.1) is 24.8 Å². The van der Waals surface area contributed by atoms with Crippen LogP contribution in [0.15, 0.2) is 58.6 Å². The van der Waals surface area contributed by atoms with Gasteiger partial charge in [-0.2, -0.15) is 0 Å². The number of carbonyl (C=O) groups is 2. The molecule has 1 N–H and O–H groups in total. The third kappa shape index (κ3) is 4.70. The predicted molar refractivity (Wildman–Crippen MR) is 122 cm³/mol. The number of rotatable bonds is 5. The summed E-state index contributed by atoms with van der Waals surface area (Å²) in [6.45, 7) is 3.90. The molecular weight excluding hydrogens is 484 g/mol. The van der Waals surface area contributed by atoms with Gasteiger partial charge in [0.1, 0.15) is 5.76 Å². The Kier molecular flexibility index (Phi) is 6.77. The van der Waals surface area contributed by atoms with Crippen molar-refractivity contribution in [1.82, 2.24) is 9.80 Å². The molecule has 31 heavy (non-hydrogen) atoms. The molecule has 4 rings (SSSR count). The molecule has 0 unspecified atom stereocenters. The molecule has 2 aliphatic rings. The Bertz CT molecular complexity index is 1000. The number of ketones is 1. The number of nitrogens with zero attached hydrogens (tertiary/aromatic N) is 2. The number of Topliss-reactive ketones (excluding diaryl/α,β-unsaturated/α-hetero) is 1. The third-order valence-corrected chi connectivity index (χ3v) is 6.38. The highest BCUT2D eigenvalue weighted by atomic mass is 79.9. The average Bonchev–Trinajstić information content (AvgIpc) is 3.04. The number of carbonyl (C=O) groups excluding carboxylic acids is 2. The van der Waals surface area contributed by atoms with Crippen molar-refractivity contribution in [2.45, 2.75) is 6.04 Å². The number of aliphatic hydroxyl groups is 1. The molecule has 0 saturated carbocycles. The van der Waals surface area contributed by atoms with E-state index in [1.807, 2.05) is 24.3 Å². The van der Waals surface area contributed by atoms with Crippen molar-refractivity contribution < 1.29 is 19.4 Å². The Morgan fingerprint density at radius 2 is 1.68 bits per heavy atom. The van der Waals surface area contributed by atoms with E-state index < -0.39 is 17.7 Å². The molecule has 162 valence electrons. The number of halogens is 2. The zero-order valence-corrected chi connectivity index (χ0v) is 19.1. The minimum absolute atomic E-state index is 0.0941. The van der Waals surface area contributed by atoms with E-state index in [0.29, 0.717) is 36.9 Å². The number of aliphatic hydroxyl groups excluding tert-OH is 1. The Balaban J connectivity index is 1.72. The smallest absolute Gasteiger partial charge is 0.295 e. The fraction of sp³-hybridized carbons (Fsp3) is 0.304. The molecule has 0 bridgehead atoms. The number of ether oxygens (including phenoxy) is 1.